The van der Waals surface area contributed by atoms with E-state index in [2.05, 4.69) is 20.8 Å². The number of hydrogen-bond donors (Lipinski definition) is 1. The minimum absolute atomic E-state index is 0.355. The van der Waals surface area contributed by atoms with Crippen molar-refractivity contribution >= 4 is 0 Å². The highest BCUT2D eigenvalue weighted by atomic mass is 16.3. The van der Waals surface area contributed by atoms with Gasteiger partial charge in [0.2, 0.25) is 0 Å². The zero-order valence-corrected chi connectivity index (χ0v) is 11.0. The number of aliphatic hydroxyl groups excluding tert-OH is 1. The zero-order valence-electron chi connectivity index (χ0n) is 11.0. The van der Waals surface area contributed by atoms with Crippen LogP contribution in [0.2, 0.25) is 0 Å². The van der Waals surface area contributed by atoms with E-state index in [0.29, 0.717) is 12.5 Å². The first-order valence-electron chi connectivity index (χ1n) is 6.81. The van der Waals surface area contributed by atoms with Crippen molar-refractivity contribution in [1.82, 2.24) is 0 Å². The molecular formula is C14H30O. The molecule has 0 aromatic heterocycles. The van der Waals surface area contributed by atoms with E-state index >= 15 is 0 Å². The Morgan fingerprint density at radius 1 is 0.800 bits per heavy atom. The van der Waals surface area contributed by atoms with Crippen LogP contribution in [0.3, 0.4) is 0 Å². The topological polar surface area (TPSA) is 20.2 Å². The predicted octanol–water partition coefficient (Wildman–Crippen LogP) is 4.39. The van der Waals surface area contributed by atoms with Crippen molar-refractivity contribution in [3.63, 3.8) is 0 Å². The molecule has 0 aromatic carbocycles. The van der Waals surface area contributed by atoms with Gasteiger partial charge >= 0.3 is 0 Å². The van der Waals surface area contributed by atoms with Gasteiger partial charge in [0.25, 0.3) is 0 Å². The minimum Gasteiger partial charge on any atom is -0.396 e. The lowest BCUT2D eigenvalue weighted by molar-refractivity contribution is 0.227. The summed E-state index contributed by atoms with van der Waals surface area (Å²) in [7, 11) is 0. The fourth-order valence-electron chi connectivity index (χ4n) is 1.81. The third kappa shape index (κ3) is 10.2. The Morgan fingerprint density at radius 2 is 1.27 bits per heavy atom. The fourth-order valence-corrected chi connectivity index (χ4v) is 1.81. The van der Waals surface area contributed by atoms with Gasteiger partial charge in [-0.05, 0) is 18.3 Å². The van der Waals surface area contributed by atoms with Crippen LogP contribution in [0.4, 0.5) is 0 Å². The maximum atomic E-state index is 8.86. The van der Waals surface area contributed by atoms with Crippen LogP contribution in [0.1, 0.15) is 72.1 Å². The van der Waals surface area contributed by atoms with E-state index in [-0.39, 0.29) is 0 Å². The first-order chi connectivity index (χ1) is 7.20. The fraction of sp³-hybridized carbons (Fsp3) is 1.00. The molecule has 0 amide bonds. The van der Waals surface area contributed by atoms with Gasteiger partial charge in [-0.25, -0.2) is 0 Å². The summed E-state index contributed by atoms with van der Waals surface area (Å²) in [5, 5.41) is 8.86. The molecule has 0 rings (SSSR count). The Morgan fingerprint density at radius 3 is 1.73 bits per heavy atom. The van der Waals surface area contributed by atoms with Crippen LogP contribution < -0.4 is 0 Å². The number of rotatable bonds is 10. The lowest BCUT2D eigenvalue weighted by atomic mass is 9.99. The number of unbranched alkanes of at least 4 members (excludes halogenated alkanes) is 4. The van der Waals surface area contributed by atoms with Crippen LogP contribution in [0, 0.1) is 11.8 Å². The predicted molar refractivity (Wildman–Crippen MR) is 68.0 cm³/mol. The molecule has 0 aliphatic heterocycles. The summed E-state index contributed by atoms with van der Waals surface area (Å²) in [5.74, 6) is 1.42. The molecule has 0 saturated carbocycles. The SMILES string of the molecule is CCC(C)CCCCCCCC(C)CO. The van der Waals surface area contributed by atoms with Gasteiger partial charge in [0.15, 0.2) is 0 Å². The summed E-state index contributed by atoms with van der Waals surface area (Å²) in [6.07, 6.45) is 10.8. The Labute approximate surface area is 96.3 Å². The van der Waals surface area contributed by atoms with Crippen molar-refractivity contribution in [3.8, 4) is 0 Å². The van der Waals surface area contributed by atoms with Gasteiger partial charge in [0, 0.05) is 6.61 Å². The van der Waals surface area contributed by atoms with E-state index in [9.17, 15) is 0 Å². The second kappa shape index (κ2) is 10.5. The summed E-state index contributed by atoms with van der Waals surface area (Å²) in [5.41, 5.74) is 0. The first-order valence-corrected chi connectivity index (χ1v) is 6.81. The van der Waals surface area contributed by atoms with Gasteiger partial charge in [0.1, 0.15) is 0 Å². The summed E-state index contributed by atoms with van der Waals surface area (Å²) in [4.78, 5) is 0. The number of aliphatic hydroxyl groups is 1. The molecule has 1 N–H and O–H groups in total. The van der Waals surface area contributed by atoms with Crippen LogP contribution in [-0.2, 0) is 0 Å². The average molecular weight is 214 g/mol. The lowest BCUT2D eigenvalue weighted by Gasteiger charge is -2.08. The van der Waals surface area contributed by atoms with Gasteiger partial charge in [-0.15, -0.1) is 0 Å². The van der Waals surface area contributed by atoms with Crippen LogP contribution >= 0.6 is 0 Å². The van der Waals surface area contributed by atoms with E-state index in [1.807, 2.05) is 0 Å². The highest BCUT2D eigenvalue weighted by Gasteiger charge is 2.00. The molecule has 0 aromatic rings. The Kier molecular flexibility index (Phi) is 10.4. The summed E-state index contributed by atoms with van der Waals surface area (Å²) >= 11 is 0. The Hall–Kier alpha value is -0.0400. The molecule has 92 valence electrons. The van der Waals surface area contributed by atoms with E-state index in [1.165, 1.54) is 51.4 Å². The quantitative estimate of drug-likeness (QED) is 0.535. The van der Waals surface area contributed by atoms with Gasteiger partial charge in [-0.2, -0.15) is 0 Å². The molecule has 0 spiro atoms. The van der Waals surface area contributed by atoms with Gasteiger partial charge < -0.3 is 5.11 Å². The van der Waals surface area contributed by atoms with Gasteiger partial charge in [-0.1, -0.05) is 65.7 Å². The minimum atomic E-state index is 0.355. The maximum absolute atomic E-state index is 8.86. The van der Waals surface area contributed by atoms with Crippen molar-refractivity contribution in [2.24, 2.45) is 11.8 Å². The highest BCUT2D eigenvalue weighted by Crippen LogP contribution is 2.15. The van der Waals surface area contributed by atoms with E-state index in [1.54, 1.807) is 0 Å². The second-order valence-corrected chi connectivity index (χ2v) is 5.15. The summed E-state index contributed by atoms with van der Waals surface area (Å²) in [6.45, 7) is 7.11. The van der Waals surface area contributed by atoms with Crippen molar-refractivity contribution in [2.45, 2.75) is 72.1 Å². The van der Waals surface area contributed by atoms with Crippen molar-refractivity contribution in [1.29, 1.82) is 0 Å². The molecule has 0 fully saturated rings. The molecule has 0 aliphatic rings. The standard InChI is InChI=1S/C14H30O/c1-4-13(2)10-8-6-5-7-9-11-14(3)12-15/h13-15H,4-12H2,1-3H3. The molecule has 0 bridgehead atoms. The average Bonchev–Trinajstić information content (AvgIpc) is 2.26. The van der Waals surface area contributed by atoms with E-state index in [0.717, 1.165) is 5.92 Å². The van der Waals surface area contributed by atoms with Gasteiger partial charge in [-0.3, -0.25) is 0 Å². The third-order valence-corrected chi connectivity index (χ3v) is 3.40. The first kappa shape index (κ1) is 15.0. The van der Waals surface area contributed by atoms with Crippen molar-refractivity contribution in [2.75, 3.05) is 6.61 Å². The van der Waals surface area contributed by atoms with E-state index < -0.39 is 0 Å². The second-order valence-electron chi connectivity index (χ2n) is 5.15. The third-order valence-electron chi connectivity index (χ3n) is 3.40. The normalized spacial score (nSPS) is 15.2. The molecule has 2 unspecified atom stereocenters. The highest BCUT2D eigenvalue weighted by molar-refractivity contribution is 4.53. The maximum Gasteiger partial charge on any atom is 0.0456 e. The molecule has 15 heavy (non-hydrogen) atoms. The molecule has 0 saturated heterocycles. The summed E-state index contributed by atoms with van der Waals surface area (Å²) < 4.78 is 0. The Bertz CT molecular complexity index is 109. The van der Waals surface area contributed by atoms with Gasteiger partial charge in [0.05, 0.1) is 0 Å². The molecular weight excluding hydrogens is 184 g/mol. The largest absolute Gasteiger partial charge is 0.396 e. The Balaban J connectivity index is 3.05. The molecule has 1 heteroatoms. The van der Waals surface area contributed by atoms with Crippen LogP contribution in [0.15, 0.2) is 0 Å². The molecule has 1 nitrogen and oxygen atoms in total. The van der Waals surface area contributed by atoms with Crippen LogP contribution in [0.25, 0.3) is 0 Å². The molecule has 0 radical (unpaired) electrons. The zero-order chi connectivity index (χ0) is 11.5. The molecule has 2 atom stereocenters. The lowest BCUT2D eigenvalue weighted by Crippen LogP contribution is -1.99. The molecule has 0 heterocycles. The van der Waals surface area contributed by atoms with Crippen LogP contribution in [-0.4, -0.2) is 11.7 Å². The van der Waals surface area contributed by atoms with E-state index in [4.69, 9.17) is 5.11 Å². The summed E-state index contributed by atoms with van der Waals surface area (Å²) in [6, 6.07) is 0. The van der Waals surface area contributed by atoms with Crippen LogP contribution in [0.5, 0.6) is 0 Å². The monoisotopic (exact) mass is 214 g/mol. The van der Waals surface area contributed by atoms with Crippen molar-refractivity contribution in [3.05, 3.63) is 0 Å². The number of hydrogen-bond acceptors (Lipinski definition) is 1. The molecule has 0 aliphatic carbocycles. The van der Waals surface area contributed by atoms with Crippen molar-refractivity contribution < 1.29 is 5.11 Å². The smallest absolute Gasteiger partial charge is 0.0456 e.